The monoisotopic (exact) mass is 234 g/mol. The Morgan fingerprint density at radius 1 is 1.06 bits per heavy atom. The molecule has 0 saturated carbocycles. The predicted octanol–water partition coefficient (Wildman–Crippen LogP) is 3.54. The number of benzene rings is 2. The first kappa shape index (κ1) is 11.4. The zero-order valence-corrected chi connectivity index (χ0v) is 10.4. The summed E-state index contributed by atoms with van der Waals surface area (Å²) in [6.45, 7) is 3.76. The Labute approximate surface area is 97.1 Å². The van der Waals surface area contributed by atoms with Gasteiger partial charge in [-0.3, -0.25) is 0 Å². The van der Waals surface area contributed by atoms with Gasteiger partial charge in [0.1, 0.15) is 11.1 Å². The van der Waals surface area contributed by atoms with E-state index < -0.39 is 5.34 Å². The van der Waals surface area contributed by atoms with Gasteiger partial charge in [0.05, 0.1) is 8.81 Å². The molecule has 0 aliphatic rings. The molecule has 1 N–H and O–H groups in total. The van der Waals surface area contributed by atoms with Crippen LogP contribution in [0.25, 0.3) is 10.8 Å². The molecule has 3 heteroatoms. The van der Waals surface area contributed by atoms with Crippen molar-refractivity contribution in [2.24, 2.45) is 0 Å². The van der Waals surface area contributed by atoms with Crippen LogP contribution in [0.15, 0.2) is 42.5 Å². The summed E-state index contributed by atoms with van der Waals surface area (Å²) in [7, 11) is -0.241. The van der Waals surface area contributed by atoms with Crippen molar-refractivity contribution in [1.82, 2.24) is 0 Å². The van der Waals surface area contributed by atoms with E-state index >= 15 is 0 Å². The summed E-state index contributed by atoms with van der Waals surface area (Å²) in [5, 5.41) is 1.71. The molecule has 84 valence electrons. The Kier molecular flexibility index (Phi) is 3.13. The maximum absolute atomic E-state index is 9.23. The molecular formula is C13H15O2P. The van der Waals surface area contributed by atoms with Gasteiger partial charge >= 0.3 is 0 Å². The molecule has 0 fully saturated rings. The van der Waals surface area contributed by atoms with Crippen molar-refractivity contribution < 1.29 is 9.63 Å². The van der Waals surface area contributed by atoms with Crippen molar-refractivity contribution in [3.63, 3.8) is 0 Å². The molecule has 0 radical (unpaired) electrons. The topological polar surface area (TPSA) is 29.5 Å². The molecular weight excluding hydrogens is 219 g/mol. The molecule has 2 aromatic carbocycles. The zero-order valence-electron chi connectivity index (χ0n) is 9.40. The average molecular weight is 234 g/mol. The molecule has 2 rings (SSSR count). The third-order valence-corrected chi connectivity index (χ3v) is 3.02. The molecule has 2 nitrogen and oxygen atoms in total. The van der Waals surface area contributed by atoms with Crippen LogP contribution in [0.4, 0.5) is 0 Å². The Hall–Kier alpha value is -1.11. The number of hydrogen-bond donors (Lipinski definition) is 1. The van der Waals surface area contributed by atoms with Crippen molar-refractivity contribution in [3.05, 3.63) is 42.5 Å². The van der Waals surface area contributed by atoms with E-state index in [-0.39, 0.29) is 8.81 Å². The highest BCUT2D eigenvalue weighted by Crippen LogP contribution is 2.34. The van der Waals surface area contributed by atoms with Gasteiger partial charge in [-0.25, -0.2) is 0 Å². The van der Waals surface area contributed by atoms with Gasteiger partial charge in [-0.15, -0.1) is 0 Å². The first-order chi connectivity index (χ1) is 7.62. The third kappa shape index (κ3) is 2.34. The van der Waals surface area contributed by atoms with Crippen molar-refractivity contribution in [1.29, 1.82) is 0 Å². The molecule has 2 aromatic rings. The summed E-state index contributed by atoms with van der Waals surface area (Å²) in [5.74, 6) is 0.824. The highest BCUT2D eigenvalue weighted by molar-refractivity contribution is 7.32. The molecule has 16 heavy (non-hydrogen) atoms. The van der Waals surface area contributed by atoms with Crippen LogP contribution < -0.4 is 4.74 Å². The van der Waals surface area contributed by atoms with E-state index in [4.69, 9.17) is 4.74 Å². The molecule has 0 bridgehead atoms. The lowest BCUT2D eigenvalue weighted by molar-refractivity contribution is 0.197. The van der Waals surface area contributed by atoms with Crippen LogP contribution in [0, 0.1) is 0 Å². The van der Waals surface area contributed by atoms with Gasteiger partial charge in [0.15, 0.2) is 0 Å². The highest BCUT2D eigenvalue weighted by Gasteiger charge is 2.19. The van der Waals surface area contributed by atoms with Crippen LogP contribution in [0.5, 0.6) is 5.75 Å². The maximum Gasteiger partial charge on any atom is 0.143 e. The number of hydrogen-bond acceptors (Lipinski definition) is 2. The van der Waals surface area contributed by atoms with Crippen molar-refractivity contribution >= 4 is 19.6 Å². The second kappa shape index (κ2) is 4.40. The molecule has 0 amide bonds. The van der Waals surface area contributed by atoms with Gasteiger partial charge in [0, 0.05) is 5.39 Å². The van der Waals surface area contributed by atoms with Crippen molar-refractivity contribution in [2.75, 3.05) is 0 Å². The average Bonchev–Trinajstić information content (AvgIpc) is 2.29. The second-order valence-corrected chi connectivity index (χ2v) is 5.63. The number of rotatable bonds is 3. The molecule has 1 atom stereocenters. The fourth-order valence-corrected chi connectivity index (χ4v) is 1.74. The Morgan fingerprint density at radius 2 is 1.75 bits per heavy atom. The minimum Gasteiger partial charge on any atom is -0.481 e. The molecule has 1 unspecified atom stereocenters. The van der Waals surface area contributed by atoms with Crippen LogP contribution in [0.2, 0.25) is 0 Å². The molecule has 0 saturated heterocycles. The van der Waals surface area contributed by atoms with Gasteiger partial charge in [-0.2, -0.15) is 0 Å². The fourth-order valence-electron chi connectivity index (χ4n) is 1.58. The Bertz CT molecular complexity index is 489. The van der Waals surface area contributed by atoms with E-state index in [9.17, 15) is 4.89 Å². The van der Waals surface area contributed by atoms with Crippen LogP contribution in [0.3, 0.4) is 0 Å². The molecule has 0 aromatic heterocycles. The van der Waals surface area contributed by atoms with E-state index in [1.54, 1.807) is 0 Å². The number of ether oxygens (including phenoxy) is 1. The fraction of sp³-hybridized carbons (Fsp3) is 0.231. The lowest BCUT2D eigenvalue weighted by Crippen LogP contribution is -2.21. The second-order valence-electron chi connectivity index (χ2n) is 4.20. The van der Waals surface area contributed by atoms with Gasteiger partial charge < -0.3 is 9.63 Å². The minimum atomic E-state index is -0.524. The van der Waals surface area contributed by atoms with Crippen molar-refractivity contribution in [3.8, 4) is 5.75 Å². The van der Waals surface area contributed by atoms with Crippen LogP contribution in [-0.2, 0) is 0 Å². The summed E-state index contributed by atoms with van der Waals surface area (Å²) < 4.78 is 5.83. The maximum atomic E-state index is 9.23. The highest BCUT2D eigenvalue weighted by atomic mass is 31.1. The quantitative estimate of drug-likeness (QED) is 0.823. The summed E-state index contributed by atoms with van der Waals surface area (Å²) in [4.78, 5) is 9.23. The zero-order chi connectivity index (χ0) is 11.6. The normalized spacial score (nSPS) is 12.4. The lowest BCUT2D eigenvalue weighted by atomic mass is 10.1. The van der Waals surface area contributed by atoms with Crippen LogP contribution >= 0.6 is 8.81 Å². The minimum absolute atomic E-state index is 0.241. The molecule has 0 aliphatic carbocycles. The predicted molar refractivity (Wildman–Crippen MR) is 69.2 cm³/mol. The Balaban J connectivity index is 2.45. The SMILES string of the molecule is CC(C)(Oc1cccc2ccccc12)PO. The van der Waals surface area contributed by atoms with E-state index in [0.717, 1.165) is 16.5 Å². The first-order valence-corrected chi connectivity index (χ1v) is 6.15. The van der Waals surface area contributed by atoms with E-state index in [1.165, 1.54) is 0 Å². The van der Waals surface area contributed by atoms with E-state index in [1.807, 2.05) is 44.2 Å². The Morgan fingerprint density at radius 3 is 2.50 bits per heavy atom. The van der Waals surface area contributed by atoms with Crippen LogP contribution in [-0.4, -0.2) is 10.2 Å². The largest absolute Gasteiger partial charge is 0.481 e. The molecule has 0 aliphatic heterocycles. The van der Waals surface area contributed by atoms with E-state index in [2.05, 4.69) is 12.1 Å². The summed E-state index contributed by atoms with van der Waals surface area (Å²) in [5.41, 5.74) is 0. The summed E-state index contributed by atoms with van der Waals surface area (Å²) in [6, 6.07) is 14.0. The van der Waals surface area contributed by atoms with Crippen molar-refractivity contribution in [2.45, 2.75) is 19.2 Å². The first-order valence-electron chi connectivity index (χ1n) is 5.20. The molecule has 0 spiro atoms. The van der Waals surface area contributed by atoms with Gasteiger partial charge in [-0.05, 0) is 25.3 Å². The standard InChI is InChI=1S/C13H15O2P/c1-13(2,16-14)15-12-9-5-7-10-6-3-4-8-11(10)12/h3-9,14,16H,1-2H3. The van der Waals surface area contributed by atoms with Gasteiger partial charge in [0.2, 0.25) is 0 Å². The van der Waals surface area contributed by atoms with E-state index in [0.29, 0.717) is 0 Å². The van der Waals surface area contributed by atoms with Gasteiger partial charge in [-0.1, -0.05) is 36.4 Å². The summed E-state index contributed by atoms with van der Waals surface area (Å²) in [6.07, 6.45) is 0. The number of fused-ring (bicyclic) bond motifs is 1. The summed E-state index contributed by atoms with van der Waals surface area (Å²) >= 11 is 0. The lowest BCUT2D eigenvalue weighted by Gasteiger charge is -2.24. The van der Waals surface area contributed by atoms with Crippen LogP contribution in [0.1, 0.15) is 13.8 Å². The third-order valence-electron chi connectivity index (χ3n) is 2.38. The van der Waals surface area contributed by atoms with Gasteiger partial charge in [0.25, 0.3) is 0 Å². The smallest absolute Gasteiger partial charge is 0.143 e. The molecule has 0 heterocycles.